The second kappa shape index (κ2) is 7.47. The van der Waals surface area contributed by atoms with Crippen molar-refractivity contribution in [3.8, 4) is 5.75 Å². The molecule has 2 N–H and O–H groups in total. The average molecular weight is 302 g/mol. The summed E-state index contributed by atoms with van der Waals surface area (Å²) in [5.41, 5.74) is 0.955. The SMILES string of the molecule is CCOc1ccc(NS(=O)(=O)N(CC)CC)cc1CO. The Morgan fingerprint density at radius 1 is 1.25 bits per heavy atom. The third kappa shape index (κ3) is 4.09. The number of nitrogens with zero attached hydrogens (tertiary/aromatic N) is 1. The molecule has 0 bridgehead atoms. The van der Waals surface area contributed by atoms with Gasteiger partial charge in [-0.1, -0.05) is 13.8 Å². The van der Waals surface area contributed by atoms with Crippen LogP contribution < -0.4 is 9.46 Å². The number of nitrogens with one attached hydrogen (secondary N) is 1. The highest BCUT2D eigenvalue weighted by Gasteiger charge is 2.18. The number of anilines is 1. The normalized spacial score (nSPS) is 11.7. The van der Waals surface area contributed by atoms with Crippen LogP contribution in [0.2, 0.25) is 0 Å². The second-order valence-electron chi connectivity index (χ2n) is 4.11. The van der Waals surface area contributed by atoms with Gasteiger partial charge in [-0.05, 0) is 25.1 Å². The van der Waals surface area contributed by atoms with Crippen molar-refractivity contribution >= 4 is 15.9 Å². The Labute approximate surface area is 120 Å². The smallest absolute Gasteiger partial charge is 0.301 e. The van der Waals surface area contributed by atoms with Crippen molar-refractivity contribution in [1.29, 1.82) is 0 Å². The van der Waals surface area contributed by atoms with Crippen LogP contribution in [-0.4, -0.2) is 37.5 Å². The molecule has 6 nitrogen and oxygen atoms in total. The predicted molar refractivity (Wildman–Crippen MR) is 79.0 cm³/mol. The Balaban J connectivity index is 2.98. The standard InChI is InChI=1S/C13H22N2O4S/c1-4-15(5-2)20(17,18)14-12-7-8-13(19-6-3)11(9-12)10-16/h7-9,14,16H,4-6,10H2,1-3H3. The van der Waals surface area contributed by atoms with E-state index < -0.39 is 10.2 Å². The van der Waals surface area contributed by atoms with Crippen LogP contribution in [0.15, 0.2) is 18.2 Å². The number of benzene rings is 1. The lowest BCUT2D eigenvalue weighted by molar-refractivity contribution is 0.267. The van der Waals surface area contributed by atoms with Crippen molar-refractivity contribution in [2.45, 2.75) is 27.4 Å². The first kappa shape index (κ1) is 16.7. The number of hydrogen-bond donors (Lipinski definition) is 2. The number of aliphatic hydroxyl groups excluding tert-OH is 1. The van der Waals surface area contributed by atoms with Crippen LogP contribution in [0.3, 0.4) is 0 Å². The summed E-state index contributed by atoms with van der Waals surface area (Å²) in [5, 5.41) is 9.30. The summed E-state index contributed by atoms with van der Waals surface area (Å²) in [6.45, 7) is 6.47. The van der Waals surface area contributed by atoms with E-state index in [4.69, 9.17) is 4.74 Å². The van der Waals surface area contributed by atoms with Crippen LogP contribution in [0.1, 0.15) is 26.3 Å². The fraction of sp³-hybridized carbons (Fsp3) is 0.538. The van der Waals surface area contributed by atoms with Crippen molar-refractivity contribution in [3.05, 3.63) is 23.8 Å². The van der Waals surface area contributed by atoms with E-state index in [2.05, 4.69) is 4.72 Å². The van der Waals surface area contributed by atoms with Gasteiger partial charge in [-0.2, -0.15) is 12.7 Å². The van der Waals surface area contributed by atoms with Gasteiger partial charge in [-0.25, -0.2) is 0 Å². The summed E-state index contributed by atoms with van der Waals surface area (Å²) in [6, 6.07) is 4.84. The molecule has 1 aromatic carbocycles. The van der Waals surface area contributed by atoms with Crippen molar-refractivity contribution in [2.75, 3.05) is 24.4 Å². The quantitative estimate of drug-likeness (QED) is 0.764. The highest BCUT2D eigenvalue weighted by molar-refractivity contribution is 7.90. The molecule has 0 aliphatic rings. The molecule has 0 spiro atoms. The Kier molecular flexibility index (Phi) is 6.25. The first-order valence-electron chi connectivity index (χ1n) is 6.62. The van der Waals surface area contributed by atoms with Crippen LogP contribution in [-0.2, 0) is 16.8 Å². The van der Waals surface area contributed by atoms with Gasteiger partial charge in [0, 0.05) is 18.7 Å². The summed E-state index contributed by atoms with van der Waals surface area (Å²) >= 11 is 0. The Morgan fingerprint density at radius 3 is 2.40 bits per heavy atom. The predicted octanol–water partition coefficient (Wildman–Crippen LogP) is 1.58. The molecule has 0 saturated carbocycles. The molecule has 1 rings (SSSR count). The van der Waals surface area contributed by atoms with Gasteiger partial charge in [0.2, 0.25) is 0 Å². The third-order valence-corrected chi connectivity index (χ3v) is 4.51. The lowest BCUT2D eigenvalue weighted by atomic mass is 10.2. The van der Waals surface area contributed by atoms with Crippen LogP contribution in [0.5, 0.6) is 5.75 Å². The first-order chi connectivity index (χ1) is 9.48. The highest BCUT2D eigenvalue weighted by atomic mass is 32.2. The average Bonchev–Trinajstić information content (AvgIpc) is 2.41. The van der Waals surface area contributed by atoms with Crippen molar-refractivity contribution in [1.82, 2.24) is 4.31 Å². The third-order valence-electron chi connectivity index (χ3n) is 2.82. The molecule has 0 amide bonds. The Morgan fingerprint density at radius 2 is 1.90 bits per heavy atom. The van der Waals surface area contributed by atoms with E-state index in [1.807, 2.05) is 6.92 Å². The molecular weight excluding hydrogens is 280 g/mol. The second-order valence-corrected chi connectivity index (χ2v) is 5.78. The first-order valence-corrected chi connectivity index (χ1v) is 8.06. The number of rotatable bonds is 8. The van der Waals surface area contributed by atoms with E-state index in [1.165, 1.54) is 4.31 Å². The zero-order valence-electron chi connectivity index (χ0n) is 12.1. The summed E-state index contributed by atoms with van der Waals surface area (Å²) in [7, 11) is -3.56. The monoisotopic (exact) mass is 302 g/mol. The molecule has 0 aliphatic heterocycles. The summed E-state index contributed by atoms with van der Waals surface area (Å²) in [4.78, 5) is 0. The fourth-order valence-corrected chi connectivity index (χ4v) is 3.07. The molecule has 0 aliphatic carbocycles. The molecule has 0 unspecified atom stereocenters. The molecule has 0 fully saturated rings. The zero-order chi connectivity index (χ0) is 15.2. The number of hydrogen-bond acceptors (Lipinski definition) is 4. The fourth-order valence-electron chi connectivity index (χ4n) is 1.84. The maximum Gasteiger partial charge on any atom is 0.301 e. The molecule has 7 heteroatoms. The van der Waals surface area contributed by atoms with Crippen LogP contribution in [0.4, 0.5) is 5.69 Å². The highest BCUT2D eigenvalue weighted by Crippen LogP contribution is 2.24. The topological polar surface area (TPSA) is 78.9 Å². The molecule has 114 valence electrons. The summed E-state index contributed by atoms with van der Waals surface area (Å²) < 4.78 is 33.4. The van der Waals surface area contributed by atoms with E-state index in [-0.39, 0.29) is 6.61 Å². The minimum absolute atomic E-state index is 0.212. The van der Waals surface area contributed by atoms with E-state index in [0.717, 1.165) is 0 Å². The molecular formula is C13H22N2O4S. The van der Waals surface area contributed by atoms with Crippen molar-refractivity contribution in [2.24, 2.45) is 0 Å². The Bertz CT molecular complexity index is 527. The van der Waals surface area contributed by atoms with Gasteiger partial charge < -0.3 is 9.84 Å². The number of aliphatic hydroxyl groups is 1. The largest absolute Gasteiger partial charge is 0.494 e. The van der Waals surface area contributed by atoms with Crippen LogP contribution in [0.25, 0.3) is 0 Å². The lowest BCUT2D eigenvalue weighted by Gasteiger charge is -2.20. The van der Waals surface area contributed by atoms with Gasteiger partial charge in [0.25, 0.3) is 0 Å². The van der Waals surface area contributed by atoms with E-state index >= 15 is 0 Å². The van der Waals surface area contributed by atoms with Gasteiger partial charge in [-0.15, -0.1) is 0 Å². The van der Waals surface area contributed by atoms with Crippen LogP contribution >= 0.6 is 0 Å². The molecule has 0 saturated heterocycles. The van der Waals surface area contributed by atoms with E-state index in [9.17, 15) is 13.5 Å². The summed E-state index contributed by atoms with van der Waals surface area (Å²) in [6.07, 6.45) is 0. The summed E-state index contributed by atoms with van der Waals surface area (Å²) in [5.74, 6) is 0.556. The van der Waals surface area contributed by atoms with Gasteiger partial charge in [-0.3, -0.25) is 4.72 Å². The maximum atomic E-state index is 12.1. The van der Waals surface area contributed by atoms with E-state index in [0.29, 0.717) is 36.7 Å². The molecule has 20 heavy (non-hydrogen) atoms. The molecule has 0 aromatic heterocycles. The number of ether oxygens (including phenoxy) is 1. The maximum absolute atomic E-state index is 12.1. The molecule has 1 aromatic rings. The zero-order valence-corrected chi connectivity index (χ0v) is 12.9. The van der Waals surface area contributed by atoms with Crippen molar-refractivity contribution in [3.63, 3.8) is 0 Å². The Hall–Kier alpha value is -1.31. The van der Waals surface area contributed by atoms with Gasteiger partial charge in [0.05, 0.1) is 18.9 Å². The van der Waals surface area contributed by atoms with Gasteiger partial charge in [0.15, 0.2) is 0 Å². The van der Waals surface area contributed by atoms with Crippen molar-refractivity contribution < 1.29 is 18.3 Å². The lowest BCUT2D eigenvalue weighted by Crippen LogP contribution is -2.35. The minimum Gasteiger partial charge on any atom is -0.494 e. The van der Waals surface area contributed by atoms with Gasteiger partial charge >= 0.3 is 10.2 Å². The minimum atomic E-state index is -3.56. The molecule has 0 atom stereocenters. The van der Waals surface area contributed by atoms with E-state index in [1.54, 1.807) is 32.0 Å². The van der Waals surface area contributed by atoms with Crippen LogP contribution in [0, 0.1) is 0 Å². The van der Waals surface area contributed by atoms with Gasteiger partial charge in [0.1, 0.15) is 5.75 Å². The molecule has 0 heterocycles. The molecule has 0 radical (unpaired) electrons.